The van der Waals surface area contributed by atoms with Gasteiger partial charge in [-0.15, -0.1) is 0 Å². The van der Waals surface area contributed by atoms with E-state index in [9.17, 15) is 5.11 Å². The summed E-state index contributed by atoms with van der Waals surface area (Å²) in [6.45, 7) is 8.01. The highest BCUT2D eigenvalue weighted by molar-refractivity contribution is 9.10. The lowest BCUT2D eigenvalue weighted by Crippen LogP contribution is -2.36. The number of aliphatic hydroxyl groups excluding tert-OH is 1. The third-order valence-electron chi connectivity index (χ3n) is 5.21. The van der Waals surface area contributed by atoms with E-state index in [0.29, 0.717) is 17.8 Å². The lowest BCUT2D eigenvalue weighted by molar-refractivity contribution is 0.143. The van der Waals surface area contributed by atoms with Crippen LogP contribution in [0.1, 0.15) is 45.0 Å². The molecule has 1 unspecified atom stereocenters. The Kier molecular flexibility index (Phi) is 4.97. The van der Waals surface area contributed by atoms with Gasteiger partial charge in [0.25, 0.3) is 0 Å². The van der Waals surface area contributed by atoms with E-state index >= 15 is 0 Å². The minimum atomic E-state index is -0.322. The van der Waals surface area contributed by atoms with Crippen molar-refractivity contribution in [1.29, 1.82) is 0 Å². The van der Waals surface area contributed by atoms with Gasteiger partial charge in [-0.05, 0) is 43.4 Å². The summed E-state index contributed by atoms with van der Waals surface area (Å²) in [6, 6.07) is 8.86. The molecule has 24 heavy (non-hydrogen) atoms. The zero-order valence-corrected chi connectivity index (χ0v) is 16.0. The van der Waals surface area contributed by atoms with Gasteiger partial charge < -0.3 is 14.5 Å². The molecule has 2 heterocycles. The number of benzene rings is 1. The summed E-state index contributed by atoms with van der Waals surface area (Å²) in [5.74, 6) is 1.02. The number of hydrogen-bond acceptors (Lipinski definition) is 5. The van der Waals surface area contributed by atoms with Gasteiger partial charge in [0, 0.05) is 17.6 Å². The predicted octanol–water partition coefficient (Wildman–Crippen LogP) is 3.76. The topological polar surface area (TPSA) is 62.4 Å². The van der Waals surface area contributed by atoms with Crippen LogP contribution in [0.3, 0.4) is 0 Å². The maximum Gasteiger partial charge on any atom is 0.324 e. The highest BCUT2D eigenvalue weighted by Gasteiger charge is 2.38. The Bertz CT molecular complexity index is 678. The maximum absolute atomic E-state index is 9.66. The molecule has 0 amide bonds. The molecule has 0 spiro atoms. The van der Waals surface area contributed by atoms with Crippen molar-refractivity contribution in [3.05, 3.63) is 40.1 Å². The Labute approximate surface area is 151 Å². The van der Waals surface area contributed by atoms with Gasteiger partial charge >= 0.3 is 6.01 Å². The van der Waals surface area contributed by atoms with E-state index in [1.807, 2.05) is 12.1 Å². The Morgan fingerprint density at radius 3 is 2.46 bits per heavy atom. The maximum atomic E-state index is 9.66. The number of piperidine rings is 1. The molecule has 5 nitrogen and oxygen atoms in total. The van der Waals surface area contributed by atoms with Gasteiger partial charge in [-0.2, -0.15) is 4.98 Å². The number of rotatable bonds is 4. The second-order valence-electron chi connectivity index (χ2n) is 6.98. The van der Waals surface area contributed by atoms with E-state index < -0.39 is 0 Å². The van der Waals surface area contributed by atoms with Crippen molar-refractivity contribution in [2.75, 3.05) is 18.0 Å². The highest BCUT2D eigenvalue weighted by Crippen LogP contribution is 2.38. The van der Waals surface area contributed by atoms with E-state index in [-0.39, 0.29) is 11.5 Å². The van der Waals surface area contributed by atoms with Crippen molar-refractivity contribution >= 4 is 21.9 Å². The second kappa shape index (κ2) is 6.84. The summed E-state index contributed by atoms with van der Waals surface area (Å²) in [4.78, 5) is 6.77. The summed E-state index contributed by atoms with van der Waals surface area (Å²) in [5, 5.41) is 14.0. The van der Waals surface area contributed by atoms with Crippen LogP contribution in [0, 0.1) is 5.92 Å². The van der Waals surface area contributed by atoms with Crippen LogP contribution < -0.4 is 4.90 Å². The molecule has 1 N–H and O–H groups in total. The first kappa shape index (κ1) is 17.4. The van der Waals surface area contributed by atoms with Crippen molar-refractivity contribution in [3.8, 4) is 0 Å². The zero-order valence-electron chi connectivity index (χ0n) is 14.4. The van der Waals surface area contributed by atoms with Crippen LogP contribution in [0.4, 0.5) is 6.01 Å². The van der Waals surface area contributed by atoms with Crippen molar-refractivity contribution in [2.24, 2.45) is 5.92 Å². The van der Waals surface area contributed by atoms with Gasteiger partial charge in [0.1, 0.15) is 0 Å². The standard InChI is InChI=1S/C18H24BrN3O2/c1-12(2)18(3,13-4-6-14(19)7-5-13)16-20-17(24-21-16)22-10-8-15(23)9-11-22/h4-7,12,15,23H,8-11H2,1-3H3. The monoisotopic (exact) mass is 393 g/mol. The molecule has 1 saturated heterocycles. The highest BCUT2D eigenvalue weighted by atomic mass is 79.9. The van der Waals surface area contributed by atoms with Crippen LogP contribution >= 0.6 is 15.9 Å². The first-order chi connectivity index (χ1) is 11.4. The Balaban J connectivity index is 1.91. The lowest BCUT2D eigenvalue weighted by atomic mass is 9.73. The molecule has 1 aliphatic rings. The summed E-state index contributed by atoms with van der Waals surface area (Å²) in [6.07, 6.45) is 1.27. The van der Waals surface area contributed by atoms with Gasteiger partial charge in [-0.3, -0.25) is 0 Å². The fraction of sp³-hybridized carbons (Fsp3) is 0.556. The van der Waals surface area contributed by atoms with Gasteiger partial charge in [0.15, 0.2) is 5.82 Å². The smallest absolute Gasteiger partial charge is 0.324 e. The molecule has 1 aliphatic heterocycles. The molecular weight excluding hydrogens is 370 g/mol. The van der Waals surface area contributed by atoms with E-state index in [0.717, 1.165) is 30.4 Å². The molecule has 1 aromatic carbocycles. The number of aliphatic hydroxyl groups is 1. The number of nitrogens with zero attached hydrogens (tertiary/aromatic N) is 3. The summed E-state index contributed by atoms with van der Waals surface area (Å²) in [5.41, 5.74) is 0.847. The molecule has 1 fully saturated rings. The van der Waals surface area contributed by atoms with Crippen LogP contribution in [0.15, 0.2) is 33.3 Å². The average Bonchev–Trinajstić information content (AvgIpc) is 3.05. The van der Waals surface area contributed by atoms with E-state index in [1.165, 1.54) is 5.56 Å². The summed E-state index contributed by atoms with van der Waals surface area (Å²) >= 11 is 3.49. The fourth-order valence-corrected chi connectivity index (χ4v) is 3.39. The van der Waals surface area contributed by atoms with E-state index in [4.69, 9.17) is 9.51 Å². The van der Waals surface area contributed by atoms with Gasteiger partial charge in [0.05, 0.1) is 11.5 Å². The Morgan fingerprint density at radius 1 is 1.25 bits per heavy atom. The number of halogens is 1. The van der Waals surface area contributed by atoms with Crippen LogP contribution in [0.2, 0.25) is 0 Å². The normalized spacial score (nSPS) is 18.8. The first-order valence-electron chi connectivity index (χ1n) is 8.44. The Morgan fingerprint density at radius 2 is 1.88 bits per heavy atom. The Hall–Kier alpha value is -1.40. The molecule has 1 aromatic heterocycles. The van der Waals surface area contributed by atoms with Gasteiger partial charge in [-0.25, -0.2) is 0 Å². The van der Waals surface area contributed by atoms with Crippen LogP contribution in [-0.4, -0.2) is 34.4 Å². The van der Waals surface area contributed by atoms with Crippen molar-refractivity contribution < 1.29 is 9.63 Å². The summed E-state index contributed by atoms with van der Waals surface area (Å²) in [7, 11) is 0. The molecule has 0 saturated carbocycles. The quantitative estimate of drug-likeness (QED) is 0.856. The minimum absolute atomic E-state index is 0.215. The number of anilines is 1. The molecule has 2 aromatic rings. The largest absolute Gasteiger partial charge is 0.393 e. The SMILES string of the molecule is CC(C)C(C)(c1ccc(Br)cc1)c1noc(N2CCC(O)CC2)n1. The third kappa shape index (κ3) is 3.22. The minimum Gasteiger partial charge on any atom is -0.393 e. The third-order valence-corrected chi connectivity index (χ3v) is 5.74. The van der Waals surface area contributed by atoms with Gasteiger partial charge in [-0.1, -0.05) is 47.1 Å². The fourth-order valence-electron chi connectivity index (χ4n) is 3.13. The van der Waals surface area contributed by atoms with Crippen molar-refractivity contribution in [2.45, 2.75) is 45.1 Å². The molecule has 130 valence electrons. The lowest BCUT2D eigenvalue weighted by Gasteiger charge is -2.31. The van der Waals surface area contributed by atoms with Crippen LogP contribution in [0.25, 0.3) is 0 Å². The van der Waals surface area contributed by atoms with E-state index in [2.05, 4.69) is 58.9 Å². The molecule has 0 aliphatic carbocycles. The molecule has 1 atom stereocenters. The number of aromatic nitrogens is 2. The number of hydrogen-bond donors (Lipinski definition) is 1. The van der Waals surface area contributed by atoms with E-state index in [1.54, 1.807) is 0 Å². The molecular formula is C18H24BrN3O2. The van der Waals surface area contributed by atoms with Crippen LogP contribution in [-0.2, 0) is 5.41 Å². The predicted molar refractivity (Wildman–Crippen MR) is 97.2 cm³/mol. The average molecular weight is 394 g/mol. The van der Waals surface area contributed by atoms with Crippen molar-refractivity contribution in [1.82, 2.24) is 10.1 Å². The van der Waals surface area contributed by atoms with Crippen molar-refractivity contribution in [3.63, 3.8) is 0 Å². The molecule has 0 radical (unpaired) electrons. The van der Waals surface area contributed by atoms with Crippen LogP contribution in [0.5, 0.6) is 0 Å². The second-order valence-corrected chi connectivity index (χ2v) is 7.90. The molecule has 0 bridgehead atoms. The first-order valence-corrected chi connectivity index (χ1v) is 9.23. The zero-order chi connectivity index (χ0) is 17.3. The molecule has 3 rings (SSSR count). The molecule has 6 heteroatoms. The summed E-state index contributed by atoms with van der Waals surface area (Å²) < 4.78 is 6.61. The van der Waals surface area contributed by atoms with Gasteiger partial charge in [0.2, 0.25) is 0 Å².